The molecule has 1 aromatic carbocycles. The molecule has 0 aliphatic carbocycles. The molecule has 4 heteroatoms. The molecule has 0 bridgehead atoms. The van der Waals surface area contributed by atoms with E-state index in [1.807, 2.05) is 33.0 Å². The largest absolute Gasteiger partial charge is 0.396 e. The molecule has 0 saturated heterocycles. The third-order valence-corrected chi connectivity index (χ3v) is 3.98. The van der Waals surface area contributed by atoms with Crippen LogP contribution in [0.3, 0.4) is 0 Å². The molecular weight excluding hydrogens is 237 g/mol. The smallest absolute Gasteiger partial charge is 0.137 e. The molecule has 0 fully saturated rings. The van der Waals surface area contributed by atoms with Crippen molar-refractivity contribution in [3.05, 3.63) is 29.6 Å². The van der Waals surface area contributed by atoms with E-state index in [0.717, 1.165) is 5.56 Å². The molecule has 0 aliphatic rings. The maximum absolute atomic E-state index is 13.8. The van der Waals surface area contributed by atoms with Gasteiger partial charge in [0, 0.05) is 22.8 Å². The summed E-state index contributed by atoms with van der Waals surface area (Å²) in [7, 11) is 1.86. The van der Waals surface area contributed by atoms with Gasteiger partial charge in [0.25, 0.3) is 0 Å². The van der Waals surface area contributed by atoms with Crippen LogP contribution in [0, 0.1) is 5.82 Å². The molecule has 0 saturated carbocycles. The molecule has 0 heterocycles. The summed E-state index contributed by atoms with van der Waals surface area (Å²) in [6.07, 6.45) is 0.679. The first-order valence-electron chi connectivity index (χ1n) is 5.82. The Bertz CT molecular complexity index is 359. The standard InChI is InChI=1S/C13H20FNOS/c1-9(6-7-16)17-13-5-4-11(8-12(13)14)10(2)15-3/h4-5,8-10,15-16H,6-7H2,1-3H3. The number of halogens is 1. The number of benzene rings is 1. The Morgan fingerprint density at radius 3 is 2.65 bits per heavy atom. The van der Waals surface area contributed by atoms with Crippen molar-refractivity contribution in [2.75, 3.05) is 13.7 Å². The molecule has 1 aromatic rings. The summed E-state index contributed by atoms with van der Waals surface area (Å²) in [6, 6.07) is 5.49. The lowest BCUT2D eigenvalue weighted by Crippen LogP contribution is -2.12. The van der Waals surface area contributed by atoms with Gasteiger partial charge in [0.1, 0.15) is 5.82 Å². The number of aliphatic hydroxyl groups is 1. The molecule has 96 valence electrons. The Balaban J connectivity index is 2.76. The first kappa shape index (κ1) is 14.5. The Morgan fingerprint density at radius 2 is 2.12 bits per heavy atom. The molecule has 2 N–H and O–H groups in total. The molecule has 2 nitrogen and oxygen atoms in total. The van der Waals surface area contributed by atoms with Crippen molar-refractivity contribution < 1.29 is 9.50 Å². The SMILES string of the molecule is CNC(C)c1ccc(SC(C)CCO)c(F)c1. The molecule has 2 unspecified atom stereocenters. The third-order valence-electron chi connectivity index (χ3n) is 2.75. The van der Waals surface area contributed by atoms with E-state index in [0.29, 0.717) is 11.3 Å². The van der Waals surface area contributed by atoms with Gasteiger partial charge >= 0.3 is 0 Å². The maximum Gasteiger partial charge on any atom is 0.137 e. The first-order valence-corrected chi connectivity index (χ1v) is 6.70. The predicted octanol–water partition coefficient (Wildman–Crippen LogP) is 2.97. The van der Waals surface area contributed by atoms with Gasteiger partial charge in [-0.15, -0.1) is 11.8 Å². The van der Waals surface area contributed by atoms with E-state index in [2.05, 4.69) is 5.32 Å². The topological polar surface area (TPSA) is 32.3 Å². The Hall–Kier alpha value is -0.580. The second-order valence-electron chi connectivity index (χ2n) is 4.14. The highest BCUT2D eigenvalue weighted by molar-refractivity contribution is 7.99. The molecule has 0 radical (unpaired) electrons. The predicted molar refractivity (Wildman–Crippen MR) is 70.9 cm³/mol. The molecule has 17 heavy (non-hydrogen) atoms. The van der Waals surface area contributed by atoms with Crippen molar-refractivity contribution in [1.82, 2.24) is 5.32 Å². The maximum atomic E-state index is 13.8. The summed E-state index contributed by atoms with van der Waals surface area (Å²) in [5.41, 5.74) is 0.948. The number of rotatable bonds is 6. The van der Waals surface area contributed by atoms with Gasteiger partial charge in [-0.3, -0.25) is 0 Å². The van der Waals surface area contributed by atoms with Gasteiger partial charge in [-0.2, -0.15) is 0 Å². The zero-order valence-corrected chi connectivity index (χ0v) is 11.4. The molecule has 0 amide bonds. The molecular formula is C13H20FNOS. The lowest BCUT2D eigenvalue weighted by Gasteiger charge is -2.14. The van der Waals surface area contributed by atoms with E-state index in [1.54, 1.807) is 6.07 Å². The fourth-order valence-corrected chi connectivity index (χ4v) is 2.48. The lowest BCUT2D eigenvalue weighted by atomic mass is 10.1. The van der Waals surface area contributed by atoms with Crippen LogP contribution in [-0.2, 0) is 0 Å². The fraction of sp³-hybridized carbons (Fsp3) is 0.538. The minimum absolute atomic E-state index is 0.144. The number of nitrogens with one attached hydrogen (secondary N) is 1. The number of hydrogen-bond donors (Lipinski definition) is 2. The highest BCUT2D eigenvalue weighted by atomic mass is 32.2. The van der Waals surface area contributed by atoms with Crippen LogP contribution < -0.4 is 5.32 Å². The van der Waals surface area contributed by atoms with Crippen LogP contribution in [0.5, 0.6) is 0 Å². The van der Waals surface area contributed by atoms with E-state index >= 15 is 0 Å². The third kappa shape index (κ3) is 4.30. The minimum atomic E-state index is -0.181. The van der Waals surface area contributed by atoms with Crippen LogP contribution in [0.1, 0.15) is 31.9 Å². The van der Waals surface area contributed by atoms with Crippen molar-refractivity contribution in [3.8, 4) is 0 Å². The highest BCUT2D eigenvalue weighted by Gasteiger charge is 2.11. The molecule has 1 rings (SSSR count). The van der Waals surface area contributed by atoms with Crippen molar-refractivity contribution in [2.45, 2.75) is 36.5 Å². The van der Waals surface area contributed by atoms with E-state index in [9.17, 15) is 4.39 Å². The number of thioether (sulfide) groups is 1. The first-order chi connectivity index (χ1) is 8.08. The van der Waals surface area contributed by atoms with Gasteiger partial charge in [0.2, 0.25) is 0 Å². The van der Waals surface area contributed by atoms with Crippen molar-refractivity contribution >= 4 is 11.8 Å². The van der Waals surface area contributed by atoms with E-state index in [4.69, 9.17) is 5.11 Å². The van der Waals surface area contributed by atoms with E-state index < -0.39 is 0 Å². The summed E-state index contributed by atoms with van der Waals surface area (Å²) < 4.78 is 13.8. The Morgan fingerprint density at radius 1 is 1.41 bits per heavy atom. The van der Waals surface area contributed by atoms with Gasteiger partial charge in [-0.05, 0) is 38.1 Å². The Kier molecular flexibility index (Phi) is 5.95. The average Bonchev–Trinajstić information content (AvgIpc) is 2.31. The van der Waals surface area contributed by atoms with Gasteiger partial charge in [0.05, 0.1) is 0 Å². The zero-order valence-electron chi connectivity index (χ0n) is 10.5. The van der Waals surface area contributed by atoms with Crippen LogP contribution in [0.15, 0.2) is 23.1 Å². The van der Waals surface area contributed by atoms with Gasteiger partial charge < -0.3 is 10.4 Å². The van der Waals surface area contributed by atoms with E-state index in [1.165, 1.54) is 11.8 Å². The lowest BCUT2D eigenvalue weighted by molar-refractivity contribution is 0.289. The second kappa shape index (κ2) is 6.99. The molecule has 0 aliphatic heterocycles. The summed E-state index contributed by atoms with van der Waals surface area (Å²) in [4.78, 5) is 0.651. The van der Waals surface area contributed by atoms with Crippen LogP contribution in [0.4, 0.5) is 4.39 Å². The summed E-state index contributed by atoms with van der Waals surface area (Å²) in [5.74, 6) is -0.181. The second-order valence-corrected chi connectivity index (χ2v) is 5.62. The number of aliphatic hydroxyl groups excluding tert-OH is 1. The quantitative estimate of drug-likeness (QED) is 0.768. The van der Waals surface area contributed by atoms with E-state index in [-0.39, 0.29) is 23.7 Å². The van der Waals surface area contributed by atoms with Crippen LogP contribution in [0.25, 0.3) is 0 Å². The monoisotopic (exact) mass is 257 g/mol. The normalized spacial score (nSPS) is 14.6. The number of hydrogen-bond acceptors (Lipinski definition) is 3. The van der Waals surface area contributed by atoms with Crippen LogP contribution >= 0.6 is 11.8 Å². The summed E-state index contributed by atoms with van der Waals surface area (Å²) in [5, 5.41) is 12.1. The highest BCUT2D eigenvalue weighted by Crippen LogP contribution is 2.29. The minimum Gasteiger partial charge on any atom is -0.396 e. The van der Waals surface area contributed by atoms with Crippen LogP contribution in [-0.4, -0.2) is 24.0 Å². The Labute approximate surface area is 107 Å². The molecule has 0 aromatic heterocycles. The summed E-state index contributed by atoms with van der Waals surface area (Å²) in [6.45, 7) is 4.13. The van der Waals surface area contributed by atoms with Gasteiger partial charge in [0.15, 0.2) is 0 Å². The van der Waals surface area contributed by atoms with Gasteiger partial charge in [-0.1, -0.05) is 13.0 Å². The zero-order chi connectivity index (χ0) is 12.8. The van der Waals surface area contributed by atoms with Gasteiger partial charge in [-0.25, -0.2) is 4.39 Å². The summed E-state index contributed by atoms with van der Waals surface area (Å²) >= 11 is 1.47. The average molecular weight is 257 g/mol. The van der Waals surface area contributed by atoms with Crippen molar-refractivity contribution in [3.63, 3.8) is 0 Å². The van der Waals surface area contributed by atoms with Crippen molar-refractivity contribution in [2.24, 2.45) is 0 Å². The molecule has 2 atom stereocenters. The van der Waals surface area contributed by atoms with Crippen molar-refractivity contribution in [1.29, 1.82) is 0 Å². The van der Waals surface area contributed by atoms with Crippen LogP contribution in [0.2, 0.25) is 0 Å². The fourth-order valence-electron chi connectivity index (χ4n) is 1.51. The molecule has 0 spiro atoms.